The predicted octanol–water partition coefficient (Wildman–Crippen LogP) is 3.68. The lowest BCUT2D eigenvalue weighted by molar-refractivity contribution is -0.137. The molecule has 148 valence electrons. The number of rotatable bonds is 3. The fourth-order valence-corrected chi connectivity index (χ4v) is 4.32. The molecule has 0 unspecified atom stereocenters. The van der Waals surface area contributed by atoms with E-state index in [0.717, 1.165) is 30.3 Å². The van der Waals surface area contributed by atoms with Crippen LogP contribution in [0.2, 0.25) is 5.02 Å². The Bertz CT molecular complexity index is 1050. The van der Waals surface area contributed by atoms with Gasteiger partial charge in [0.2, 0.25) is 15.9 Å². The van der Waals surface area contributed by atoms with Gasteiger partial charge in [-0.2, -0.15) is 13.2 Å². The van der Waals surface area contributed by atoms with Crippen LogP contribution in [-0.4, -0.2) is 26.0 Å². The summed E-state index contributed by atoms with van der Waals surface area (Å²) >= 11 is 6.00. The fourth-order valence-electron chi connectivity index (χ4n) is 2.60. The summed E-state index contributed by atoms with van der Waals surface area (Å²) in [6, 6.07) is 7.52. The summed E-state index contributed by atoms with van der Waals surface area (Å²) in [5.41, 5.74) is -0.921. The molecule has 1 aliphatic rings. The fraction of sp³-hybridized carbons (Fsp3) is 0.176. The van der Waals surface area contributed by atoms with Gasteiger partial charge in [-0.15, -0.1) is 0 Å². The van der Waals surface area contributed by atoms with Gasteiger partial charge in [-0.05, 0) is 42.5 Å². The molecular weight excluding hydrogens is 421 g/mol. The highest BCUT2D eigenvalue weighted by Crippen LogP contribution is 2.33. The second kappa shape index (κ2) is 7.10. The highest BCUT2D eigenvalue weighted by molar-refractivity contribution is 7.94. The van der Waals surface area contributed by atoms with E-state index in [2.05, 4.69) is 5.32 Å². The normalized spacial score (nSPS) is 16.3. The summed E-state index contributed by atoms with van der Waals surface area (Å²) in [5.74, 6) is -1.73. The van der Waals surface area contributed by atoms with Crippen molar-refractivity contribution >= 4 is 44.8 Å². The van der Waals surface area contributed by atoms with E-state index < -0.39 is 33.6 Å². The number of hydrogen-bond acceptors (Lipinski definition) is 4. The summed E-state index contributed by atoms with van der Waals surface area (Å²) in [4.78, 5) is 24.3. The number of nitrogens with zero attached hydrogens (tertiary/aromatic N) is 1. The van der Waals surface area contributed by atoms with Gasteiger partial charge in [-0.1, -0.05) is 11.6 Å². The van der Waals surface area contributed by atoms with Crippen molar-refractivity contribution < 1.29 is 31.2 Å². The molecule has 6 nitrogen and oxygen atoms in total. The molecule has 1 aliphatic heterocycles. The van der Waals surface area contributed by atoms with E-state index in [0.29, 0.717) is 4.31 Å². The van der Waals surface area contributed by atoms with Gasteiger partial charge < -0.3 is 5.32 Å². The minimum atomic E-state index is -4.50. The minimum Gasteiger partial charge on any atom is -0.322 e. The van der Waals surface area contributed by atoms with E-state index in [1.807, 2.05) is 0 Å². The summed E-state index contributed by atoms with van der Waals surface area (Å²) in [5, 5.41) is 2.37. The first kappa shape index (κ1) is 20.2. The number of halogens is 4. The maximum Gasteiger partial charge on any atom is 0.416 e. The number of anilines is 2. The summed E-state index contributed by atoms with van der Waals surface area (Å²) in [6.07, 6.45) is -4.69. The zero-order valence-electron chi connectivity index (χ0n) is 14.0. The first-order chi connectivity index (χ1) is 13.0. The van der Waals surface area contributed by atoms with Crippen LogP contribution in [0.15, 0.2) is 42.5 Å². The van der Waals surface area contributed by atoms with Crippen LogP contribution >= 0.6 is 11.6 Å². The number of carbonyl (C=O) groups excluding carboxylic acids is 2. The van der Waals surface area contributed by atoms with Gasteiger partial charge in [0, 0.05) is 17.7 Å². The second-order valence-corrected chi connectivity index (χ2v) is 8.26. The Morgan fingerprint density at radius 3 is 2.29 bits per heavy atom. The predicted molar refractivity (Wildman–Crippen MR) is 96.7 cm³/mol. The lowest BCUT2D eigenvalue weighted by Crippen LogP contribution is -2.29. The molecule has 3 rings (SSSR count). The molecule has 0 saturated carbocycles. The van der Waals surface area contributed by atoms with Crippen LogP contribution in [-0.2, 0) is 21.0 Å². The molecule has 0 bridgehead atoms. The third-order valence-electron chi connectivity index (χ3n) is 3.98. The van der Waals surface area contributed by atoms with Crippen molar-refractivity contribution in [3.8, 4) is 0 Å². The molecule has 28 heavy (non-hydrogen) atoms. The Balaban J connectivity index is 1.86. The monoisotopic (exact) mass is 432 g/mol. The third kappa shape index (κ3) is 3.97. The molecule has 0 aliphatic carbocycles. The number of hydrogen-bond donors (Lipinski definition) is 1. The highest BCUT2D eigenvalue weighted by Gasteiger charge is 2.37. The molecule has 0 spiro atoms. The molecule has 1 saturated heterocycles. The smallest absolute Gasteiger partial charge is 0.322 e. The first-order valence-electron chi connectivity index (χ1n) is 7.83. The molecule has 2 aromatic carbocycles. The van der Waals surface area contributed by atoms with E-state index in [1.54, 1.807) is 0 Å². The lowest BCUT2D eigenvalue weighted by Gasteiger charge is -2.17. The average molecular weight is 433 g/mol. The van der Waals surface area contributed by atoms with Crippen molar-refractivity contribution in [2.24, 2.45) is 0 Å². The van der Waals surface area contributed by atoms with Gasteiger partial charge in [0.25, 0.3) is 5.91 Å². The molecule has 1 N–H and O–H groups in total. The summed E-state index contributed by atoms with van der Waals surface area (Å²) < 4.78 is 62.5. The number of carbonyl (C=O) groups is 2. The molecule has 2 amide bonds. The van der Waals surface area contributed by atoms with Crippen molar-refractivity contribution in [3.05, 3.63) is 58.6 Å². The largest absolute Gasteiger partial charge is 0.416 e. The number of nitrogens with one attached hydrogen (secondary N) is 1. The molecular formula is C17H12ClF3N2O4S. The van der Waals surface area contributed by atoms with Crippen molar-refractivity contribution in [2.45, 2.75) is 12.6 Å². The Morgan fingerprint density at radius 1 is 1.11 bits per heavy atom. The number of sulfonamides is 1. The van der Waals surface area contributed by atoms with Crippen LogP contribution in [0.3, 0.4) is 0 Å². The van der Waals surface area contributed by atoms with Crippen molar-refractivity contribution in [1.29, 1.82) is 0 Å². The second-order valence-electron chi connectivity index (χ2n) is 5.92. The van der Waals surface area contributed by atoms with E-state index >= 15 is 0 Å². The van der Waals surface area contributed by atoms with Crippen LogP contribution in [0.5, 0.6) is 0 Å². The van der Waals surface area contributed by atoms with Gasteiger partial charge in [-0.3, -0.25) is 9.59 Å². The molecule has 1 fully saturated rings. The van der Waals surface area contributed by atoms with Gasteiger partial charge >= 0.3 is 6.18 Å². The molecule has 0 atom stereocenters. The Kier molecular flexibility index (Phi) is 5.11. The topological polar surface area (TPSA) is 83.6 Å². The minimum absolute atomic E-state index is 0.0193. The van der Waals surface area contributed by atoms with Gasteiger partial charge in [0.05, 0.1) is 22.0 Å². The number of amides is 2. The van der Waals surface area contributed by atoms with Crippen molar-refractivity contribution in [2.75, 3.05) is 15.4 Å². The van der Waals surface area contributed by atoms with Crippen LogP contribution in [0.25, 0.3) is 0 Å². The summed E-state index contributed by atoms with van der Waals surface area (Å²) in [7, 11) is -3.87. The third-order valence-corrected chi connectivity index (χ3v) is 5.97. The van der Waals surface area contributed by atoms with Gasteiger partial charge in [0.1, 0.15) is 0 Å². The van der Waals surface area contributed by atoms with Crippen molar-refractivity contribution in [3.63, 3.8) is 0 Å². The quantitative estimate of drug-likeness (QED) is 0.802. The van der Waals surface area contributed by atoms with Crippen molar-refractivity contribution in [1.82, 2.24) is 0 Å². The van der Waals surface area contributed by atoms with Crippen LogP contribution in [0.4, 0.5) is 24.5 Å². The highest BCUT2D eigenvalue weighted by atomic mass is 35.5. The van der Waals surface area contributed by atoms with E-state index in [9.17, 15) is 31.2 Å². The molecule has 1 heterocycles. The van der Waals surface area contributed by atoms with Crippen LogP contribution in [0, 0.1) is 0 Å². The van der Waals surface area contributed by atoms with Gasteiger partial charge in [0.15, 0.2) is 0 Å². The van der Waals surface area contributed by atoms with Crippen LogP contribution in [0.1, 0.15) is 22.3 Å². The average Bonchev–Trinajstić information content (AvgIpc) is 2.88. The Labute approximate surface area is 163 Å². The van der Waals surface area contributed by atoms with E-state index in [1.165, 1.54) is 12.1 Å². The maximum absolute atomic E-state index is 12.6. The zero-order chi connectivity index (χ0) is 20.7. The Morgan fingerprint density at radius 2 is 1.75 bits per heavy atom. The zero-order valence-corrected chi connectivity index (χ0v) is 15.5. The first-order valence-corrected chi connectivity index (χ1v) is 9.82. The Hall–Kier alpha value is -2.59. The maximum atomic E-state index is 12.6. The molecule has 2 aromatic rings. The van der Waals surface area contributed by atoms with E-state index in [-0.39, 0.29) is 34.1 Å². The van der Waals surface area contributed by atoms with Gasteiger partial charge in [-0.25, -0.2) is 12.7 Å². The standard InChI is InChI=1S/C17H12ClF3N2O4S/c18-13-6-1-10(9-14(13)23-15(24)7-8-28(23,26)27)16(25)22-12-4-2-11(3-5-12)17(19,20)21/h1-6,9H,7-8H2,(H,22,25). The number of alkyl halides is 3. The van der Waals surface area contributed by atoms with Crippen LogP contribution < -0.4 is 9.62 Å². The lowest BCUT2D eigenvalue weighted by atomic mass is 10.1. The number of benzene rings is 2. The molecule has 0 aromatic heterocycles. The van der Waals surface area contributed by atoms with E-state index in [4.69, 9.17) is 11.6 Å². The molecule has 0 radical (unpaired) electrons. The SMILES string of the molecule is O=C(Nc1ccc(C(F)(F)F)cc1)c1ccc(Cl)c(N2C(=O)CCS2(=O)=O)c1. The molecule has 11 heteroatoms. The summed E-state index contributed by atoms with van der Waals surface area (Å²) in [6.45, 7) is 0.